The molecule has 2 aromatic rings. The Hall–Kier alpha value is -2.99. The molecule has 6 nitrogen and oxygen atoms in total. The summed E-state index contributed by atoms with van der Waals surface area (Å²) in [5.41, 5.74) is 1.13. The molecule has 1 N–H and O–H groups in total. The molecular weight excluding hydrogens is 418 g/mol. The van der Waals surface area contributed by atoms with Gasteiger partial charge in [0, 0.05) is 16.6 Å². The van der Waals surface area contributed by atoms with E-state index >= 15 is 0 Å². The van der Waals surface area contributed by atoms with Gasteiger partial charge in [-0.2, -0.15) is 0 Å². The summed E-state index contributed by atoms with van der Waals surface area (Å²) in [6.45, 7) is 0. The number of carbonyl (C=O) groups excluding carboxylic acids is 2. The Bertz CT molecular complexity index is 1060. The van der Waals surface area contributed by atoms with Gasteiger partial charge < -0.3 is 19.5 Å². The highest BCUT2D eigenvalue weighted by Crippen LogP contribution is 2.45. The summed E-state index contributed by atoms with van der Waals surface area (Å²) < 4.78 is 10.8. The zero-order chi connectivity index (χ0) is 22.1. The van der Waals surface area contributed by atoms with Crippen LogP contribution in [0, 0.1) is 0 Å². The van der Waals surface area contributed by atoms with Crippen molar-refractivity contribution in [1.82, 2.24) is 4.90 Å². The van der Waals surface area contributed by atoms with Crippen LogP contribution in [0.3, 0.4) is 0 Å². The van der Waals surface area contributed by atoms with E-state index in [9.17, 15) is 14.7 Å². The number of aliphatic hydroxyl groups excluding tert-OH is 1. The monoisotopic (exact) mass is 441 g/mol. The van der Waals surface area contributed by atoms with Gasteiger partial charge in [0.2, 0.25) is 0 Å². The smallest absolute Gasteiger partial charge is 0.295 e. The average molecular weight is 442 g/mol. The lowest BCUT2D eigenvalue weighted by molar-refractivity contribution is -0.141. The molecule has 31 heavy (non-hydrogen) atoms. The maximum atomic E-state index is 13.1. The van der Waals surface area contributed by atoms with Gasteiger partial charge in [0.25, 0.3) is 11.7 Å². The van der Waals surface area contributed by atoms with E-state index in [1.54, 1.807) is 54.5 Å². The van der Waals surface area contributed by atoms with Crippen LogP contribution >= 0.6 is 11.6 Å². The first-order valence-electron chi connectivity index (χ1n) is 10.2. The zero-order valence-electron chi connectivity index (χ0n) is 17.4. The molecule has 1 aliphatic heterocycles. The summed E-state index contributed by atoms with van der Waals surface area (Å²) in [5, 5.41) is 11.5. The molecule has 1 amide bonds. The third-order valence-electron chi connectivity index (χ3n) is 6.02. The Morgan fingerprint density at radius 1 is 1.03 bits per heavy atom. The van der Waals surface area contributed by atoms with E-state index in [1.807, 2.05) is 0 Å². The molecule has 1 heterocycles. The highest BCUT2D eigenvalue weighted by Gasteiger charge is 2.49. The molecule has 1 saturated heterocycles. The number of hydrogen-bond donors (Lipinski definition) is 1. The number of nitrogens with zero attached hydrogens (tertiary/aromatic N) is 1. The molecule has 1 saturated carbocycles. The number of aliphatic hydroxyl groups is 1. The van der Waals surface area contributed by atoms with Crippen LogP contribution in [-0.2, 0) is 9.59 Å². The quantitative estimate of drug-likeness (QED) is 0.412. The lowest BCUT2D eigenvalue weighted by Gasteiger charge is -2.31. The number of rotatable bonds is 5. The van der Waals surface area contributed by atoms with Crippen molar-refractivity contribution in [2.75, 3.05) is 14.2 Å². The van der Waals surface area contributed by atoms with Crippen molar-refractivity contribution >= 4 is 29.1 Å². The first-order chi connectivity index (χ1) is 15.0. The molecular formula is C24H24ClNO5. The van der Waals surface area contributed by atoms with Gasteiger partial charge in [-0.05, 0) is 42.7 Å². The SMILES string of the molecule is COc1ccc(C2/C(=C(/O)c3cccc(Cl)c3)C(=O)C(=O)N2C2CCCC2)cc1OC. The third-order valence-corrected chi connectivity index (χ3v) is 6.25. The minimum Gasteiger partial charge on any atom is -0.507 e. The third kappa shape index (κ3) is 3.76. The summed E-state index contributed by atoms with van der Waals surface area (Å²) in [5.74, 6) is -0.487. The van der Waals surface area contributed by atoms with Crippen molar-refractivity contribution in [3.63, 3.8) is 0 Å². The number of hydrogen-bond acceptors (Lipinski definition) is 5. The Morgan fingerprint density at radius 3 is 2.39 bits per heavy atom. The largest absolute Gasteiger partial charge is 0.507 e. The number of methoxy groups -OCH3 is 2. The maximum Gasteiger partial charge on any atom is 0.295 e. The van der Waals surface area contributed by atoms with Crippen LogP contribution in [-0.4, -0.2) is 42.0 Å². The number of carbonyl (C=O) groups is 2. The first kappa shape index (κ1) is 21.2. The average Bonchev–Trinajstić information content (AvgIpc) is 3.39. The Labute approximate surface area is 186 Å². The van der Waals surface area contributed by atoms with Crippen LogP contribution in [0.1, 0.15) is 42.9 Å². The molecule has 1 atom stereocenters. The summed E-state index contributed by atoms with van der Waals surface area (Å²) in [6, 6.07) is 11.1. The number of likely N-dealkylation sites (tertiary alicyclic amines) is 1. The number of halogens is 1. The Kier molecular flexibility index (Phi) is 5.92. The van der Waals surface area contributed by atoms with Gasteiger partial charge in [-0.25, -0.2) is 0 Å². The van der Waals surface area contributed by atoms with Crippen molar-refractivity contribution in [3.05, 3.63) is 64.2 Å². The molecule has 0 spiro atoms. The van der Waals surface area contributed by atoms with Crippen molar-refractivity contribution in [1.29, 1.82) is 0 Å². The molecule has 2 aromatic carbocycles. The lowest BCUT2D eigenvalue weighted by atomic mass is 9.94. The minimum absolute atomic E-state index is 0.0563. The highest BCUT2D eigenvalue weighted by atomic mass is 35.5. The van der Waals surface area contributed by atoms with E-state index in [4.69, 9.17) is 21.1 Å². The van der Waals surface area contributed by atoms with E-state index in [0.717, 1.165) is 25.7 Å². The van der Waals surface area contributed by atoms with Gasteiger partial charge in [-0.1, -0.05) is 42.6 Å². The second-order valence-corrected chi connectivity index (χ2v) is 8.21. The fourth-order valence-corrected chi connectivity index (χ4v) is 4.74. The van der Waals surface area contributed by atoms with E-state index in [-0.39, 0.29) is 17.4 Å². The number of ketones is 1. The van der Waals surface area contributed by atoms with Crippen molar-refractivity contribution in [2.45, 2.75) is 37.8 Å². The molecule has 0 aromatic heterocycles. The van der Waals surface area contributed by atoms with E-state index in [2.05, 4.69) is 0 Å². The van der Waals surface area contributed by atoms with E-state index in [1.165, 1.54) is 7.11 Å². The normalized spacial score (nSPS) is 21.0. The van der Waals surface area contributed by atoms with Crippen LogP contribution < -0.4 is 9.47 Å². The highest BCUT2D eigenvalue weighted by molar-refractivity contribution is 6.46. The standard InChI is InChI=1S/C24H24ClNO5/c1-30-18-11-10-14(13-19(18)31-2)21-20(22(27)15-6-5-7-16(25)12-15)23(28)24(29)26(21)17-8-3-4-9-17/h5-7,10-13,17,21,27H,3-4,8-9H2,1-2H3/b22-20-. The molecule has 7 heteroatoms. The topological polar surface area (TPSA) is 76.1 Å². The Balaban J connectivity index is 1.91. The van der Waals surface area contributed by atoms with Crippen molar-refractivity contribution < 1.29 is 24.2 Å². The molecule has 4 rings (SSSR count). The summed E-state index contributed by atoms with van der Waals surface area (Å²) in [4.78, 5) is 27.9. The molecule has 1 aliphatic carbocycles. The van der Waals surface area contributed by atoms with Crippen molar-refractivity contribution in [2.24, 2.45) is 0 Å². The molecule has 2 fully saturated rings. The van der Waals surface area contributed by atoms with Gasteiger partial charge in [-0.3, -0.25) is 9.59 Å². The van der Waals surface area contributed by atoms with E-state index < -0.39 is 17.7 Å². The second kappa shape index (κ2) is 8.63. The number of Topliss-reactive ketones (excluding diaryl/α,β-unsaturated/α-hetero) is 1. The molecule has 0 bridgehead atoms. The first-order valence-corrected chi connectivity index (χ1v) is 10.6. The maximum absolute atomic E-state index is 13.1. The molecule has 0 radical (unpaired) electrons. The molecule has 162 valence electrons. The lowest BCUT2D eigenvalue weighted by Crippen LogP contribution is -2.37. The van der Waals surface area contributed by atoms with E-state index in [0.29, 0.717) is 27.6 Å². The molecule has 1 unspecified atom stereocenters. The number of ether oxygens (including phenoxy) is 2. The minimum atomic E-state index is -0.720. The van der Waals surface area contributed by atoms with Crippen LogP contribution in [0.15, 0.2) is 48.0 Å². The van der Waals surface area contributed by atoms with Crippen LogP contribution in [0.4, 0.5) is 0 Å². The summed E-state index contributed by atoms with van der Waals surface area (Å²) >= 11 is 6.09. The summed E-state index contributed by atoms with van der Waals surface area (Å²) in [6.07, 6.45) is 3.66. The van der Waals surface area contributed by atoms with Gasteiger partial charge in [0.1, 0.15) is 5.76 Å². The van der Waals surface area contributed by atoms with Crippen LogP contribution in [0.25, 0.3) is 5.76 Å². The fourth-order valence-electron chi connectivity index (χ4n) is 4.55. The zero-order valence-corrected chi connectivity index (χ0v) is 18.2. The van der Waals surface area contributed by atoms with Crippen molar-refractivity contribution in [3.8, 4) is 11.5 Å². The van der Waals surface area contributed by atoms with Gasteiger partial charge in [-0.15, -0.1) is 0 Å². The second-order valence-electron chi connectivity index (χ2n) is 7.77. The number of benzene rings is 2. The molecule has 2 aliphatic rings. The van der Waals surface area contributed by atoms with Gasteiger partial charge in [0.15, 0.2) is 11.5 Å². The van der Waals surface area contributed by atoms with Crippen LogP contribution in [0.2, 0.25) is 5.02 Å². The summed E-state index contributed by atoms with van der Waals surface area (Å²) in [7, 11) is 3.07. The Morgan fingerprint density at radius 2 is 1.74 bits per heavy atom. The van der Waals surface area contributed by atoms with Gasteiger partial charge in [0.05, 0.1) is 25.8 Å². The predicted molar refractivity (Wildman–Crippen MR) is 117 cm³/mol. The van der Waals surface area contributed by atoms with Crippen LogP contribution in [0.5, 0.6) is 11.5 Å². The predicted octanol–water partition coefficient (Wildman–Crippen LogP) is 4.72. The number of amides is 1. The fraction of sp³-hybridized carbons (Fsp3) is 0.333. The van der Waals surface area contributed by atoms with Gasteiger partial charge >= 0.3 is 0 Å².